The van der Waals surface area contributed by atoms with Gasteiger partial charge in [0.25, 0.3) is 0 Å². The summed E-state index contributed by atoms with van der Waals surface area (Å²) in [5.41, 5.74) is 4.00. The zero-order valence-electron chi connectivity index (χ0n) is 19.0. The van der Waals surface area contributed by atoms with Crippen molar-refractivity contribution in [2.75, 3.05) is 0 Å². The van der Waals surface area contributed by atoms with E-state index in [0.29, 0.717) is 16.7 Å². The molecule has 1 aromatic rings. The quantitative estimate of drug-likeness (QED) is 0.467. The molecule has 0 aliphatic rings. The summed E-state index contributed by atoms with van der Waals surface area (Å²) in [6.07, 6.45) is 3.54. The number of hydrogen-bond acceptors (Lipinski definition) is 0. The summed E-state index contributed by atoms with van der Waals surface area (Å²) in [6, 6.07) is 9.45. The lowest BCUT2D eigenvalue weighted by molar-refractivity contribution is -0.0469. The van der Waals surface area contributed by atoms with Crippen LogP contribution >= 0.6 is 0 Å². The van der Waals surface area contributed by atoms with Gasteiger partial charge in [-0.05, 0) is 51.5 Å². The fourth-order valence-electron chi connectivity index (χ4n) is 4.14. The second-order valence-corrected chi connectivity index (χ2v) is 11.0. The molecular formula is C25H44. The molecule has 144 valence electrons. The van der Waals surface area contributed by atoms with E-state index in [9.17, 15) is 0 Å². The average Bonchev–Trinajstić information content (AvgIpc) is 2.51. The van der Waals surface area contributed by atoms with Crippen LogP contribution in [0.4, 0.5) is 0 Å². The normalized spacial score (nSPS) is 15.3. The topological polar surface area (TPSA) is 0 Å². The van der Waals surface area contributed by atoms with Crippen molar-refractivity contribution in [1.82, 2.24) is 0 Å². The lowest BCUT2D eigenvalue weighted by atomic mass is 9.48. The lowest BCUT2D eigenvalue weighted by Gasteiger charge is -2.56. The van der Waals surface area contributed by atoms with Crippen LogP contribution in [0.15, 0.2) is 24.3 Å². The maximum atomic E-state index is 2.51. The smallest absolute Gasteiger partial charge is 0.0100 e. The van der Waals surface area contributed by atoms with Crippen LogP contribution in [0.25, 0.3) is 0 Å². The first-order valence-corrected chi connectivity index (χ1v) is 10.3. The Morgan fingerprint density at radius 1 is 0.760 bits per heavy atom. The fraction of sp³-hybridized carbons (Fsp3) is 0.760. The summed E-state index contributed by atoms with van der Waals surface area (Å²) in [4.78, 5) is 0. The van der Waals surface area contributed by atoms with Crippen LogP contribution in [0, 0.1) is 21.7 Å². The third-order valence-corrected chi connectivity index (χ3v) is 7.66. The maximum absolute atomic E-state index is 2.51. The van der Waals surface area contributed by atoms with Crippen molar-refractivity contribution in [3.8, 4) is 0 Å². The van der Waals surface area contributed by atoms with E-state index >= 15 is 0 Å². The maximum Gasteiger partial charge on any atom is -0.0100 e. The van der Waals surface area contributed by atoms with Gasteiger partial charge in [0.05, 0.1) is 0 Å². The Labute approximate surface area is 158 Å². The summed E-state index contributed by atoms with van der Waals surface area (Å²) in [7, 11) is 0. The second kappa shape index (κ2) is 7.45. The summed E-state index contributed by atoms with van der Waals surface area (Å²) < 4.78 is 0. The van der Waals surface area contributed by atoms with Gasteiger partial charge in [0.1, 0.15) is 0 Å². The minimum atomic E-state index is 0.202. The first-order valence-electron chi connectivity index (χ1n) is 10.3. The summed E-state index contributed by atoms with van der Waals surface area (Å²) in [5.74, 6) is 0.555. The Morgan fingerprint density at radius 3 is 1.60 bits per heavy atom. The van der Waals surface area contributed by atoms with Crippen LogP contribution in [0.2, 0.25) is 0 Å². The molecule has 0 amide bonds. The number of aryl methyl sites for hydroxylation is 1. The van der Waals surface area contributed by atoms with Crippen LogP contribution in [0.5, 0.6) is 0 Å². The summed E-state index contributed by atoms with van der Waals surface area (Å²) in [5, 5.41) is 0. The molecule has 0 fully saturated rings. The van der Waals surface area contributed by atoms with Gasteiger partial charge in [0, 0.05) is 0 Å². The van der Waals surface area contributed by atoms with Crippen molar-refractivity contribution in [3.63, 3.8) is 0 Å². The molecular weight excluding hydrogens is 300 g/mol. The SMILES string of the molecule is CCc1ccc(C(CC(C)(C)C)C(C)(C)C(C)(C)C(C)(C)CC)cc1. The molecule has 0 heterocycles. The molecule has 0 spiro atoms. The molecule has 0 radical (unpaired) electrons. The molecule has 0 N–H and O–H groups in total. The molecule has 0 aliphatic heterocycles. The standard InChI is InChI=1S/C25H44/c1-12-19-14-16-20(17-15-19)21(18-22(3,4)5)24(8,9)25(10,11)23(6,7)13-2/h14-17,21H,12-13,18H2,1-11H3. The van der Waals surface area contributed by atoms with Crippen LogP contribution < -0.4 is 0 Å². The molecule has 0 aliphatic carbocycles. The highest BCUT2D eigenvalue weighted by Crippen LogP contribution is 2.60. The van der Waals surface area contributed by atoms with Crippen molar-refractivity contribution < 1.29 is 0 Å². The Balaban J connectivity index is 3.43. The van der Waals surface area contributed by atoms with Gasteiger partial charge in [0.2, 0.25) is 0 Å². The zero-order valence-corrected chi connectivity index (χ0v) is 19.0. The molecule has 1 rings (SSSR count). The molecule has 25 heavy (non-hydrogen) atoms. The van der Waals surface area contributed by atoms with E-state index in [1.807, 2.05) is 0 Å². The van der Waals surface area contributed by atoms with E-state index < -0.39 is 0 Å². The number of rotatable bonds is 7. The Kier molecular flexibility index (Phi) is 6.64. The van der Waals surface area contributed by atoms with Gasteiger partial charge >= 0.3 is 0 Å². The highest BCUT2D eigenvalue weighted by atomic mass is 14.6. The van der Waals surface area contributed by atoms with E-state index in [1.54, 1.807) is 0 Å². The summed E-state index contributed by atoms with van der Waals surface area (Å²) >= 11 is 0. The zero-order chi connectivity index (χ0) is 19.7. The number of benzene rings is 1. The molecule has 1 unspecified atom stereocenters. The Morgan fingerprint density at radius 2 is 1.24 bits per heavy atom. The predicted octanol–water partition coefficient (Wildman–Crippen LogP) is 8.26. The summed E-state index contributed by atoms with van der Waals surface area (Å²) in [6.45, 7) is 26.6. The monoisotopic (exact) mass is 344 g/mol. The van der Waals surface area contributed by atoms with Crippen LogP contribution in [0.1, 0.15) is 106 Å². The predicted molar refractivity (Wildman–Crippen MR) is 114 cm³/mol. The average molecular weight is 345 g/mol. The molecule has 0 heteroatoms. The van der Waals surface area contributed by atoms with Gasteiger partial charge in [-0.15, -0.1) is 0 Å². The van der Waals surface area contributed by atoms with Crippen molar-refractivity contribution in [1.29, 1.82) is 0 Å². The van der Waals surface area contributed by atoms with E-state index in [-0.39, 0.29) is 10.8 Å². The lowest BCUT2D eigenvalue weighted by Crippen LogP contribution is -2.48. The van der Waals surface area contributed by atoms with Gasteiger partial charge < -0.3 is 0 Å². The minimum absolute atomic E-state index is 0.202. The molecule has 1 aromatic carbocycles. The Bertz CT molecular complexity index is 534. The van der Waals surface area contributed by atoms with E-state index in [1.165, 1.54) is 24.0 Å². The van der Waals surface area contributed by atoms with Gasteiger partial charge in [-0.25, -0.2) is 0 Å². The first kappa shape index (κ1) is 22.3. The van der Waals surface area contributed by atoms with Crippen molar-refractivity contribution in [2.24, 2.45) is 21.7 Å². The minimum Gasteiger partial charge on any atom is -0.0649 e. The molecule has 0 aromatic heterocycles. The van der Waals surface area contributed by atoms with Crippen molar-refractivity contribution >= 4 is 0 Å². The van der Waals surface area contributed by atoms with E-state index in [4.69, 9.17) is 0 Å². The molecule has 0 bridgehead atoms. The molecule has 0 saturated carbocycles. The van der Waals surface area contributed by atoms with Crippen LogP contribution in [0.3, 0.4) is 0 Å². The third-order valence-electron chi connectivity index (χ3n) is 7.66. The van der Waals surface area contributed by atoms with Crippen LogP contribution in [-0.2, 0) is 6.42 Å². The van der Waals surface area contributed by atoms with Crippen LogP contribution in [-0.4, -0.2) is 0 Å². The first-order chi connectivity index (χ1) is 11.2. The van der Waals surface area contributed by atoms with Gasteiger partial charge in [-0.1, -0.05) is 107 Å². The fourth-order valence-corrected chi connectivity index (χ4v) is 4.14. The van der Waals surface area contributed by atoms with E-state index in [0.717, 1.165) is 6.42 Å². The van der Waals surface area contributed by atoms with Gasteiger partial charge in [0.15, 0.2) is 0 Å². The van der Waals surface area contributed by atoms with Gasteiger partial charge in [-0.2, -0.15) is 0 Å². The highest BCUT2D eigenvalue weighted by molar-refractivity contribution is 5.28. The largest absolute Gasteiger partial charge is 0.0649 e. The molecule has 1 atom stereocenters. The van der Waals surface area contributed by atoms with Crippen molar-refractivity contribution in [2.45, 2.75) is 101 Å². The third kappa shape index (κ3) is 4.69. The van der Waals surface area contributed by atoms with Gasteiger partial charge in [-0.3, -0.25) is 0 Å². The van der Waals surface area contributed by atoms with Crippen molar-refractivity contribution in [3.05, 3.63) is 35.4 Å². The second-order valence-electron chi connectivity index (χ2n) is 11.0. The highest BCUT2D eigenvalue weighted by Gasteiger charge is 2.51. The molecule has 0 saturated heterocycles. The number of hydrogen-bond donors (Lipinski definition) is 0. The Hall–Kier alpha value is -0.780. The molecule has 0 nitrogen and oxygen atoms in total. The van der Waals surface area contributed by atoms with E-state index in [2.05, 4.69) is 100 Å².